The Balaban J connectivity index is 2.06. The van der Waals surface area contributed by atoms with Crippen LogP contribution in [0.1, 0.15) is 25.0 Å². The third-order valence-corrected chi connectivity index (χ3v) is 4.83. The van der Waals surface area contributed by atoms with Gasteiger partial charge in [-0.25, -0.2) is 0 Å². The molecule has 0 heterocycles. The van der Waals surface area contributed by atoms with Crippen molar-refractivity contribution >= 4 is 29.0 Å². The second kappa shape index (κ2) is 7.97. The first kappa shape index (κ1) is 18.0. The summed E-state index contributed by atoms with van der Waals surface area (Å²) in [5.41, 5.74) is 3.07. The number of amides is 1. The van der Waals surface area contributed by atoms with Crippen molar-refractivity contribution < 1.29 is 9.72 Å². The fourth-order valence-electron chi connectivity index (χ4n) is 2.33. The zero-order chi connectivity index (χ0) is 17.7. The van der Waals surface area contributed by atoms with Crippen molar-refractivity contribution in [2.75, 3.05) is 5.32 Å². The van der Waals surface area contributed by atoms with E-state index in [0.717, 1.165) is 28.1 Å². The summed E-state index contributed by atoms with van der Waals surface area (Å²) in [5, 5.41) is 13.4. The second-order valence-corrected chi connectivity index (χ2v) is 6.88. The molecular formula is C18H20N2O3S. The zero-order valence-corrected chi connectivity index (χ0v) is 14.7. The van der Waals surface area contributed by atoms with Gasteiger partial charge in [0.25, 0.3) is 5.69 Å². The van der Waals surface area contributed by atoms with Crippen molar-refractivity contribution in [1.29, 1.82) is 0 Å². The van der Waals surface area contributed by atoms with Crippen molar-refractivity contribution in [2.45, 2.75) is 37.3 Å². The van der Waals surface area contributed by atoms with Crippen molar-refractivity contribution in [2.24, 2.45) is 0 Å². The predicted octanol–water partition coefficient (Wildman–Crippen LogP) is 4.58. The number of hydrogen-bond acceptors (Lipinski definition) is 4. The monoisotopic (exact) mass is 344 g/mol. The lowest BCUT2D eigenvalue weighted by Crippen LogP contribution is -2.23. The number of benzene rings is 2. The number of hydrogen-bond donors (Lipinski definition) is 1. The number of aryl methyl sites for hydroxylation is 2. The van der Waals surface area contributed by atoms with E-state index >= 15 is 0 Å². The number of carbonyl (C=O) groups excluding carboxylic acids is 1. The first-order chi connectivity index (χ1) is 11.4. The SMILES string of the molecule is CCc1cccc(C)c1NC(=O)[C@H](C)Sc1ccc([N+](=O)[O-])cc1. The quantitative estimate of drug-likeness (QED) is 0.473. The summed E-state index contributed by atoms with van der Waals surface area (Å²) in [7, 11) is 0. The molecule has 1 amide bonds. The Labute approximate surface area is 145 Å². The van der Waals surface area contributed by atoms with Gasteiger partial charge in [-0.1, -0.05) is 25.1 Å². The maximum Gasteiger partial charge on any atom is 0.269 e. The van der Waals surface area contributed by atoms with Gasteiger partial charge in [0.2, 0.25) is 5.91 Å². The molecule has 2 aromatic rings. The van der Waals surface area contributed by atoms with Crippen LogP contribution in [0.25, 0.3) is 0 Å². The molecule has 2 rings (SSSR count). The number of nitro benzene ring substituents is 1. The van der Waals surface area contributed by atoms with E-state index in [0.29, 0.717) is 0 Å². The fourth-order valence-corrected chi connectivity index (χ4v) is 3.20. The minimum absolute atomic E-state index is 0.0453. The smallest absolute Gasteiger partial charge is 0.269 e. The predicted molar refractivity (Wildman–Crippen MR) is 97.6 cm³/mol. The van der Waals surface area contributed by atoms with Crippen LogP contribution in [0.3, 0.4) is 0 Å². The summed E-state index contributed by atoms with van der Waals surface area (Å²) in [6, 6.07) is 12.2. The molecule has 0 aliphatic heterocycles. The minimum atomic E-state index is -0.435. The Morgan fingerprint density at radius 1 is 1.25 bits per heavy atom. The molecule has 0 saturated carbocycles. The van der Waals surface area contributed by atoms with Crippen LogP contribution in [0.4, 0.5) is 11.4 Å². The Hall–Kier alpha value is -2.34. The molecule has 1 N–H and O–H groups in total. The van der Waals surface area contributed by atoms with E-state index in [1.54, 1.807) is 12.1 Å². The Bertz CT molecular complexity index is 744. The standard InChI is InChI=1S/C18H20N2O3S/c1-4-14-7-5-6-12(2)17(14)19-18(21)13(3)24-16-10-8-15(9-11-16)20(22)23/h5-11,13H,4H2,1-3H3,(H,19,21)/t13-/m0/s1. The van der Waals surface area contributed by atoms with E-state index in [9.17, 15) is 14.9 Å². The highest BCUT2D eigenvalue weighted by atomic mass is 32.2. The molecule has 6 heteroatoms. The van der Waals surface area contributed by atoms with Gasteiger partial charge in [-0.05, 0) is 43.5 Å². The maximum atomic E-state index is 12.5. The highest BCUT2D eigenvalue weighted by Gasteiger charge is 2.17. The lowest BCUT2D eigenvalue weighted by atomic mass is 10.1. The summed E-state index contributed by atoms with van der Waals surface area (Å²) < 4.78 is 0. The van der Waals surface area contributed by atoms with Crippen LogP contribution in [0.2, 0.25) is 0 Å². The minimum Gasteiger partial charge on any atom is -0.325 e. The van der Waals surface area contributed by atoms with Gasteiger partial charge in [0.1, 0.15) is 0 Å². The molecule has 0 bridgehead atoms. The first-order valence-electron chi connectivity index (χ1n) is 7.72. The molecule has 0 saturated heterocycles. The topological polar surface area (TPSA) is 72.2 Å². The van der Waals surface area contributed by atoms with Gasteiger partial charge < -0.3 is 5.32 Å². The van der Waals surface area contributed by atoms with E-state index in [1.807, 2.05) is 32.0 Å². The molecule has 2 aromatic carbocycles. The number of carbonyl (C=O) groups is 1. The number of anilines is 1. The normalized spacial score (nSPS) is 11.8. The Kier molecular flexibility index (Phi) is 5.98. The molecule has 0 fully saturated rings. The number of rotatable bonds is 6. The molecule has 1 atom stereocenters. The van der Waals surface area contributed by atoms with E-state index in [-0.39, 0.29) is 16.8 Å². The first-order valence-corrected chi connectivity index (χ1v) is 8.60. The van der Waals surface area contributed by atoms with Gasteiger partial charge in [-0.2, -0.15) is 0 Å². The van der Waals surface area contributed by atoms with Gasteiger partial charge in [0.05, 0.1) is 10.2 Å². The number of nitrogens with zero attached hydrogens (tertiary/aromatic N) is 1. The molecule has 5 nitrogen and oxygen atoms in total. The maximum absolute atomic E-state index is 12.5. The summed E-state index contributed by atoms with van der Waals surface area (Å²) in [6.45, 7) is 5.85. The van der Waals surface area contributed by atoms with Gasteiger partial charge in [-0.3, -0.25) is 14.9 Å². The van der Waals surface area contributed by atoms with Crippen LogP contribution < -0.4 is 5.32 Å². The summed E-state index contributed by atoms with van der Waals surface area (Å²) in [4.78, 5) is 23.5. The third kappa shape index (κ3) is 4.35. The van der Waals surface area contributed by atoms with Gasteiger partial charge in [-0.15, -0.1) is 11.8 Å². The van der Waals surface area contributed by atoms with Crippen molar-refractivity contribution in [3.05, 3.63) is 63.7 Å². The molecule has 0 aliphatic carbocycles. The van der Waals surface area contributed by atoms with E-state index < -0.39 is 4.92 Å². The van der Waals surface area contributed by atoms with Crippen LogP contribution in [0, 0.1) is 17.0 Å². The number of non-ortho nitro benzene ring substituents is 1. The molecule has 0 unspecified atom stereocenters. The van der Waals surface area contributed by atoms with Crippen molar-refractivity contribution in [1.82, 2.24) is 0 Å². The molecule has 24 heavy (non-hydrogen) atoms. The average Bonchev–Trinajstić information content (AvgIpc) is 2.57. The summed E-state index contributed by atoms with van der Waals surface area (Å²) in [5.74, 6) is -0.0812. The van der Waals surface area contributed by atoms with Crippen molar-refractivity contribution in [3.8, 4) is 0 Å². The fraction of sp³-hybridized carbons (Fsp3) is 0.278. The summed E-state index contributed by atoms with van der Waals surface area (Å²) in [6.07, 6.45) is 0.848. The summed E-state index contributed by atoms with van der Waals surface area (Å²) >= 11 is 1.38. The molecule has 0 radical (unpaired) electrons. The van der Waals surface area contributed by atoms with Crippen LogP contribution in [0.15, 0.2) is 47.4 Å². The van der Waals surface area contributed by atoms with E-state index in [1.165, 1.54) is 23.9 Å². The van der Waals surface area contributed by atoms with E-state index in [4.69, 9.17) is 0 Å². The molecular weight excluding hydrogens is 324 g/mol. The van der Waals surface area contributed by atoms with Crippen LogP contribution in [-0.2, 0) is 11.2 Å². The van der Waals surface area contributed by atoms with Crippen LogP contribution in [0.5, 0.6) is 0 Å². The highest BCUT2D eigenvalue weighted by molar-refractivity contribution is 8.00. The second-order valence-electron chi connectivity index (χ2n) is 5.46. The number of thioether (sulfide) groups is 1. The average molecular weight is 344 g/mol. The highest BCUT2D eigenvalue weighted by Crippen LogP contribution is 2.27. The van der Waals surface area contributed by atoms with Gasteiger partial charge in [0, 0.05) is 22.7 Å². The Morgan fingerprint density at radius 2 is 1.92 bits per heavy atom. The van der Waals surface area contributed by atoms with Gasteiger partial charge >= 0.3 is 0 Å². The lowest BCUT2D eigenvalue weighted by molar-refractivity contribution is -0.384. The number of para-hydroxylation sites is 1. The third-order valence-electron chi connectivity index (χ3n) is 3.72. The zero-order valence-electron chi connectivity index (χ0n) is 13.9. The molecule has 0 aliphatic rings. The van der Waals surface area contributed by atoms with E-state index in [2.05, 4.69) is 12.2 Å². The van der Waals surface area contributed by atoms with Crippen LogP contribution in [-0.4, -0.2) is 16.1 Å². The van der Waals surface area contributed by atoms with Crippen molar-refractivity contribution in [3.63, 3.8) is 0 Å². The van der Waals surface area contributed by atoms with Crippen LogP contribution >= 0.6 is 11.8 Å². The Morgan fingerprint density at radius 3 is 2.50 bits per heavy atom. The molecule has 0 spiro atoms. The molecule has 126 valence electrons. The lowest BCUT2D eigenvalue weighted by Gasteiger charge is -2.16. The van der Waals surface area contributed by atoms with Gasteiger partial charge in [0.15, 0.2) is 0 Å². The largest absolute Gasteiger partial charge is 0.325 e. The number of nitro groups is 1. The number of nitrogens with one attached hydrogen (secondary N) is 1. The molecule has 0 aromatic heterocycles.